The van der Waals surface area contributed by atoms with Crippen LogP contribution in [-0.2, 0) is 7.05 Å². The summed E-state index contributed by atoms with van der Waals surface area (Å²) in [5.41, 5.74) is 2.35. The van der Waals surface area contributed by atoms with Crippen LogP contribution in [0.2, 0.25) is 0 Å². The molecule has 1 saturated heterocycles. The van der Waals surface area contributed by atoms with Crippen molar-refractivity contribution in [3.05, 3.63) is 22.0 Å². The maximum Gasteiger partial charge on any atom is 0.140 e. The van der Waals surface area contributed by atoms with Gasteiger partial charge in [0.25, 0.3) is 0 Å². The fourth-order valence-electron chi connectivity index (χ4n) is 2.35. The lowest BCUT2D eigenvalue weighted by Gasteiger charge is -2.16. The van der Waals surface area contributed by atoms with Gasteiger partial charge in [-0.1, -0.05) is 0 Å². The molecule has 3 rings (SSSR count). The number of hydrogen-bond donors (Lipinski definition) is 0. The number of hydrogen-bond acceptors (Lipinski definition) is 2. The molecule has 0 bridgehead atoms. The molecule has 1 aliphatic rings. The van der Waals surface area contributed by atoms with Crippen LogP contribution in [0.1, 0.15) is 12.8 Å². The van der Waals surface area contributed by atoms with Gasteiger partial charge >= 0.3 is 0 Å². The van der Waals surface area contributed by atoms with Gasteiger partial charge in [-0.3, -0.25) is 0 Å². The summed E-state index contributed by atoms with van der Waals surface area (Å²) in [6.45, 7) is 2.35. The Morgan fingerprint density at radius 3 is 2.81 bits per heavy atom. The predicted molar refractivity (Wildman–Crippen MR) is 74.9 cm³/mol. The van der Waals surface area contributed by atoms with Gasteiger partial charge in [0, 0.05) is 35.3 Å². The number of pyridine rings is 1. The normalized spacial score (nSPS) is 16.2. The van der Waals surface area contributed by atoms with Crippen LogP contribution in [0.3, 0.4) is 0 Å². The molecule has 0 amide bonds. The smallest absolute Gasteiger partial charge is 0.140 e. The minimum absolute atomic E-state index is 1.08. The van der Waals surface area contributed by atoms with E-state index in [1.165, 1.54) is 40.6 Å². The second kappa shape index (κ2) is 3.91. The summed E-state index contributed by atoms with van der Waals surface area (Å²) in [6, 6.07) is 2.27. The van der Waals surface area contributed by atoms with E-state index >= 15 is 0 Å². The van der Waals surface area contributed by atoms with Gasteiger partial charge in [0.1, 0.15) is 5.65 Å². The van der Waals surface area contributed by atoms with Gasteiger partial charge in [-0.2, -0.15) is 0 Å². The van der Waals surface area contributed by atoms with Gasteiger partial charge in [-0.25, -0.2) is 4.98 Å². The number of fused-ring (bicyclic) bond motifs is 1. The number of aromatic nitrogens is 2. The summed E-state index contributed by atoms with van der Waals surface area (Å²) in [5.74, 6) is 0. The molecule has 3 heterocycles. The Labute approximate surface area is 109 Å². The quantitative estimate of drug-likeness (QED) is 0.751. The molecule has 0 radical (unpaired) electrons. The minimum atomic E-state index is 1.08. The fourth-order valence-corrected chi connectivity index (χ4v) is 3.17. The van der Waals surface area contributed by atoms with Crippen molar-refractivity contribution in [3.8, 4) is 0 Å². The molecule has 16 heavy (non-hydrogen) atoms. The molecular weight excluding hydrogens is 313 g/mol. The topological polar surface area (TPSA) is 21.1 Å². The van der Waals surface area contributed by atoms with Gasteiger partial charge in [0.15, 0.2) is 0 Å². The molecule has 1 fully saturated rings. The van der Waals surface area contributed by atoms with Crippen LogP contribution in [0.15, 0.2) is 18.5 Å². The molecule has 3 nitrogen and oxygen atoms in total. The highest BCUT2D eigenvalue weighted by Crippen LogP contribution is 2.26. The summed E-state index contributed by atoms with van der Waals surface area (Å²) in [4.78, 5) is 6.99. The predicted octanol–water partition coefficient (Wildman–Crippen LogP) is 2.78. The van der Waals surface area contributed by atoms with Crippen LogP contribution in [0, 0.1) is 3.57 Å². The lowest BCUT2D eigenvalue weighted by Crippen LogP contribution is -2.17. The largest absolute Gasteiger partial charge is 0.370 e. The molecule has 0 aromatic carbocycles. The Balaban J connectivity index is 2.11. The zero-order valence-electron chi connectivity index (χ0n) is 9.28. The van der Waals surface area contributed by atoms with E-state index in [0.717, 1.165) is 5.65 Å². The number of anilines is 1. The maximum absolute atomic E-state index is 4.56. The first-order valence-corrected chi connectivity index (χ1v) is 6.69. The lowest BCUT2D eigenvalue weighted by atomic mass is 10.3. The molecule has 84 valence electrons. The molecular formula is C12H14IN3. The first-order valence-electron chi connectivity index (χ1n) is 5.61. The molecule has 0 N–H and O–H groups in total. The monoisotopic (exact) mass is 327 g/mol. The third-order valence-electron chi connectivity index (χ3n) is 3.22. The van der Waals surface area contributed by atoms with E-state index in [-0.39, 0.29) is 0 Å². The van der Waals surface area contributed by atoms with Crippen LogP contribution < -0.4 is 4.90 Å². The van der Waals surface area contributed by atoms with Gasteiger partial charge in [0.2, 0.25) is 0 Å². The second-order valence-electron chi connectivity index (χ2n) is 4.35. The Morgan fingerprint density at radius 1 is 1.31 bits per heavy atom. The van der Waals surface area contributed by atoms with Crippen molar-refractivity contribution in [1.82, 2.24) is 9.55 Å². The zero-order valence-corrected chi connectivity index (χ0v) is 11.4. The second-order valence-corrected chi connectivity index (χ2v) is 5.51. The van der Waals surface area contributed by atoms with E-state index in [4.69, 9.17) is 0 Å². The van der Waals surface area contributed by atoms with Crippen LogP contribution >= 0.6 is 22.6 Å². The highest BCUT2D eigenvalue weighted by molar-refractivity contribution is 14.1. The van der Waals surface area contributed by atoms with Crippen molar-refractivity contribution in [1.29, 1.82) is 0 Å². The third-order valence-corrected chi connectivity index (χ3v) is 4.08. The standard InChI is InChI=1S/C12H14IN3/c1-15-8-11(13)10-6-9(7-14-12(10)15)16-4-2-3-5-16/h6-8H,2-5H2,1H3. The average Bonchev–Trinajstić information content (AvgIpc) is 2.88. The Hall–Kier alpha value is -0.780. The van der Waals surface area contributed by atoms with Crippen LogP contribution in [0.4, 0.5) is 5.69 Å². The SMILES string of the molecule is Cn1cc(I)c2cc(N3CCCC3)cnc21. The molecule has 0 unspecified atom stereocenters. The molecule has 0 atom stereocenters. The van der Waals surface area contributed by atoms with Crippen LogP contribution in [0.25, 0.3) is 11.0 Å². The van der Waals surface area contributed by atoms with E-state index in [9.17, 15) is 0 Å². The first-order chi connectivity index (χ1) is 7.75. The average molecular weight is 327 g/mol. The lowest BCUT2D eigenvalue weighted by molar-refractivity contribution is 0.937. The van der Waals surface area contributed by atoms with Gasteiger partial charge in [-0.15, -0.1) is 0 Å². The summed E-state index contributed by atoms with van der Waals surface area (Å²) < 4.78 is 3.37. The third kappa shape index (κ3) is 1.59. The number of nitrogens with zero attached hydrogens (tertiary/aromatic N) is 3. The number of aryl methyl sites for hydroxylation is 1. The minimum Gasteiger partial charge on any atom is -0.370 e. The van der Waals surface area contributed by atoms with Crippen molar-refractivity contribution >= 4 is 39.3 Å². The van der Waals surface area contributed by atoms with Crippen molar-refractivity contribution in [2.24, 2.45) is 7.05 Å². The summed E-state index contributed by atoms with van der Waals surface area (Å²) >= 11 is 2.38. The number of rotatable bonds is 1. The van der Waals surface area contributed by atoms with E-state index < -0.39 is 0 Å². The molecule has 0 saturated carbocycles. The van der Waals surface area contributed by atoms with Gasteiger partial charge in [0.05, 0.1) is 11.9 Å². The summed E-state index contributed by atoms with van der Waals surface area (Å²) in [5, 5.41) is 1.27. The van der Waals surface area contributed by atoms with E-state index in [1.54, 1.807) is 0 Å². The van der Waals surface area contributed by atoms with Gasteiger partial charge in [-0.05, 0) is 41.5 Å². The van der Waals surface area contributed by atoms with Crippen molar-refractivity contribution in [2.75, 3.05) is 18.0 Å². The molecule has 0 aliphatic carbocycles. The van der Waals surface area contributed by atoms with Gasteiger partial charge < -0.3 is 9.47 Å². The molecule has 1 aliphatic heterocycles. The highest BCUT2D eigenvalue weighted by Gasteiger charge is 2.14. The number of halogens is 1. The highest BCUT2D eigenvalue weighted by atomic mass is 127. The fraction of sp³-hybridized carbons (Fsp3) is 0.417. The van der Waals surface area contributed by atoms with Crippen LogP contribution in [0.5, 0.6) is 0 Å². The van der Waals surface area contributed by atoms with E-state index in [1.807, 2.05) is 13.2 Å². The molecule has 2 aromatic heterocycles. The van der Waals surface area contributed by atoms with Crippen molar-refractivity contribution < 1.29 is 0 Å². The Bertz CT molecular complexity index is 526. The van der Waals surface area contributed by atoms with Crippen molar-refractivity contribution in [3.63, 3.8) is 0 Å². The summed E-state index contributed by atoms with van der Waals surface area (Å²) in [6.07, 6.45) is 6.75. The Kier molecular flexibility index (Phi) is 2.53. The van der Waals surface area contributed by atoms with Crippen molar-refractivity contribution in [2.45, 2.75) is 12.8 Å². The first kappa shape index (κ1) is 10.4. The van der Waals surface area contributed by atoms with Crippen LogP contribution in [-0.4, -0.2) is 22.6 Å². The molecule has 2 aromatic rings. The maximum atomic E-state index is 4.56. The van der Waals surface area contributed by atoms with E-state index in [0.29, 0.717) is 0 Å². The van der Waals surface area contributed by atoms with E-state index in [2.05, 4.69) is 49.3 Å². The summed E-state index contributed by atoms with van der Waals surface area (Å²) in [7, 11) is 2.05. The zero-order chi connectivity index (χ0) is 11.1. The Morgan fingerprint density at radius 2 is 2.06 bits per heavy atom. The molecule has 4 heteroatoms. The molecule has 0 spiro atoms.